The van der Waals surface area contributed by atoms with Crippen molar-refractivity contribution in [3.05, 3.63) is 40.9 Å². The third-order valence-corrected chi connectivity index (χ3v) is 4.65. The number of thiazole rings is 1. The van der Waals surface area contributed by atoms with Crippen LogP contribution in [0.1, 0.15) is 37.6 Å². The number of aromatic nitrogens is 1. The van der Waals surface area contributed by atoms with Gasteiger partial charge in [0.2, 0.25) is 0 Å². The maximum atomic E-state index is 9.52. The van der Waals surface area contributed by atoms with Crippen LogP contribution in [0.4, 0.5) is 0 Å². The SMILES string of the molecule is Cc1ccc(-c2ncc(CNCC(C)(C)CC(C)O)s2)cc1. The average Bonchev–Trinajstić information content (AvgIpc) is 2.86. The lowest BCUT2D eigenvalue weighted by molar-refractivity contribution is 0.128. The minimum Gasteiger partial charge on any atom is -0.393 e. The molecule has 1 unspecified atom stereocenters. The van der Waals surface area contributed by atoms with E-state index in [4.69, 9.17) is 0 Å². The van der Waals surface area contributed by atoms with Crippen LogP contribution < -0.4 is 5.32 Å². The Hall–Kier alpha value is -1.23. The minimum atomic E-state index is -0.256. The molecule has 0 bridgehead atoms. The van der Waals surface area contributed by atoms with Crippen molar-refractivity contribution in [2.24, 2.45) is 5.41 Å². The quantitative estimate of drug-likeness (QED) is 0.811. The molecule has 2 aromatic rings. The van der Waals surface area contributed by atoms with E-state index in [0.29, 0.717) is 0 Å². The smallest absolute Gasteiger partial charge is 0.123 e. The van der Waals surface area contributed by atoms with Crippen molar-refractivity contribution >= 4 is 11.3 Å². The first-order chi connectivity index (χ1) is 10.4. The summed E-state index contributed by atoms with van der Waals surface area (Å²) in [5, 5.41) is 14.1. The van der Waals surface area contributed by atoms with Crippen LogP contribution in [0.5, 0.6) is 0 Å². The molecule has 2 N–H and O–H groups in total. The highest BCUT2D eigenvalue weighted by Gasteiger charge is 2.19. The van der Waals surface area contributed by atoms with Gasteiger partial charge in [0.25, 0.3) is 0 Å². The number of aliphatic hydroxyl groups is 1. The second-order valence-corrected chi connectivity index (χ2v) is 7.93. The summed E-state index contributed by atoms with van der Waals surface area (Å²) >= 11 is 1.73. The molecule has 3 nitrogen and oxygen atoms in total. The molecule has 0 aliphatic heterocycles. The van der Waals surface area contributed by atoms with E-state index >= 15 is 0 Å². The average molecular weight is 318 g/mol. The third-order valence-electron chi connectivity index (χ3n) is 3.60. The van der Waals surface area contributed by atoms with Gasteiger partial charge in [-0.3, -0.25) is 0 Å². The van der Waals surface area contributed by atoms with Crippen LogP contribution in [0.2, 0.25) is 0 Å². The Morgan fingerprint density at radius 1 is 1.27 bits per heavy atom. The zero-order chi connectivity index (χ0) is 16.2. The highest BCUT2D eigenvalue weighted by Crippen LogP contribution is 2.26. The fourth-order valence-electron chi connectivity index (χ4n) is 2.61. The van der Waals surface area contributed by atoms with Crippen molar-refractivity contribution in [3.8, 4) is 10.6 Å². The van der Waals surface area contributed by atoms with Crippen molar-refractivity contribution < 1.29 is 5.11 Å². The topological polar surface area (TPSA) is 45.2 Å². The van der Waals surface area contributed by atoms with Crippen molar-refractivity contribution in [1.82, 2.24) is 10.3 Å². The van der Waals surface area contributed by atoms with Crippen LogP contribution in [-0.2, 0) is 6.54 Å². The van der Waals surface area contributed by atoms with Crippen LogP contribution in [0.25, 0.3) is 10.6 Å². The van der Waals surface area contributed by atoms with Gasteiger partial charge in [-0.1, -0.05) is 43.7 Å². The fourth-order valence-corrected chi connectivity index (χ4v) is 3.50. The molecule has 2 rings (SSSR count). The predicted octanol–water partition coefficient (Wildman–Crippen LogP) is 4.01. The molecule has 1 heterocycles. The molecular formula is C18H26N2OS. The Labute approximate surface area is 137 Å². The number of nitrogens with zero attached hydrogens (tertiary/aromatic N) is 1. The largest absolute Gasteiger partial charge is 0.393 e. The van der Waals surface area contributed by atoms with E-state index in [1.165, 1.54) is 16.0 Å². The first-order valence-corrected chi connectivity index (χ1v) is 8.58. The molecule has 4 heteroatoms. The van der Waals surface area contributed by atoms with E-state index in [2.05, 4.69) is 55.3 Å². The first kappa shape index (κ1) is 17.1. The lowest BCUT2D eigenvalue weighted by atomic mass is 9.87. The number of benzene rings is 1. The van der Waals surface area contributed by atoms with Gasteiger partial charge < -0.3 is 10.4 Å². The second-order valence-electron chi connectivity index (χ2n) is 6.82. The highest BCUT2D eigenvalue weighted by atomic mass is 32.1. The summed E-state index contributed by atoms with van der Waals surface area (Å²) in [6, 6.07) is 8.48. The van der Waals surface area contributed by atoms with Crippen molar-refractivity contribution in [1.29, 1.82) is 0 Å². The van der Waals surface area contributed by atoms with Crippen molar-refractivity contribution in [3.63, 3.8) is 0 Å². The number of rotatable bonds is 7. The van der Waals surface area contributed by atoms with Crippen LogP contribution in [0, 0.1) is 12.3 Å². The highest BCUT2D eigenvalue weighted by molar-refractivity contribution is 7.15. The number of aliphatic hydroxyl groups excluding tert-OH is 1. The van der Waals surface area contributed by atoms with Gasteiger partial charge in [-0.2, -0.15) is 0 Å². The van der Waals surface area contributed by atoms with E-state index in [-0.39, 0.29) is 11.5 Å². The lowest BCUT2D eigenvalue weighted by Gasteiger charge is -2.26. The summed E-state index contributed by atoms with van der Waals surface area (Å²) in [5.41, 5.74) is 2.54. The zero-order valence-corrected chi connectivity index (χ0v) is 14.7. The fraction of sp³-hybridized carbons (Fsp3) is 0.500. The van der Waals surface area contributed by atoms with Gasteiger partial charge in [0.15, 0.2) is 0 Å². The van der Waals surface area contributed by atoms with Gasteiger partial charge in [0.1, 0.15) is 5.01 Å². The van der Waals surface area contributed by atoms with E-state index in [0.717, 1.165) is 24.5 Å². The Bertz CT molecular complexity index is 587. The van der Waals surface area contributed by atoms with E-state index in [9.17, 15) is 5.11 Å². The van der Waals surface area contributed by atoms with Gasteiger partial charge in [-0.05, 0) is 25.7 Å². The second kappa shape index (κ2) is 7.36. The number of hydrogen-bond donors (Lipinski definition) is 2. The maximum Gasteiger partial charge on any atom is 0.123 e. The Balaban J connectivity index is 1.89. The van der Waals surface area contributed by atoms with Gasteiger partial charge >= 0.3 is 0 Å². The van der Waals surface area contributed by atoms with Crippen molar-refractivity contribution in [2.75, 3.05) is 6.54 Å². The number of nitrogens with one attached hydrogen (secondary N) is 1. The Morgan fingerprint density at radius 2 is 1.95 bits per heavy atom. The molecule has 0 saturated carbocycles. The number of aryl methyl sites for hydroxylation is 1. The molecule has 0 radical (unpaired) electrons. The van der Waals surface area contributed by atoms with Crippen LogP contribution in [0.15, 0.2) is 30.5 Å². The molecule has 0 aliphatic carbocycles. The third kappa shape index (κ3) is 5.20. The van der Waals surface area contributed by atoms with Crippen molar-refractivity contribution in [2.45, 2.75) is 46.8 Å². The van der Waals surface area contributed by atoms with Crippen LogP contribution >= 0.6 is 11.3 Å². The summed E-state index contributed by atoms with van der Waals surface area (Å²) in [6.45, 7) is 10.0. The normalized spacial score (nSPS) is 13.3. The zero-order valence-electron chi connectivity index (χ0n) is 13.9. The van der Waals surface area contributed by atoms with Crippen LogP contribution in [-0.4, -0.2) is 22.7 Å². The lowest BCUT2D eigenvalue weighted by Crippen LogP contribution is -2.31. The molecule has 22 heavy (non-hydrogen) atoms. The molecule has 0 saturated heterocycles. The summed E-state index contributed by atoms with van der Waals surface area (Å²) in [4.78, 5) is 5.76. The first-order valence-electron chi connectivity index (χ1n) is 7.76. The summed E-state index contributed by atoms with van der Waals surface area (Å²) in [5.74, 6) is 0. The maximum absolute atomic E-state index is 9.52. The number of hydrogen-bond acceptors (Lipinski definition) is 4. The minimum absolute atomic E-state index is 0.0959. The van der Waals surface area contributed by atoms with Gasteiger partial charge in [0.05, 0.1) is 6.10 Å². The monoisotopic (exact) mass is 318 g/mol. The Morgan fingerprint density at radius 3 is 2.59 bits per heavy atom. The molecule has 0 amide bonds. The van der Waals surface area contributed by atoms with E-state index in [1.807, 2.05) is 13.1 Å². The van der Waals surface area contributed by atoms with E-state index in [1.54, 1.807) is 11.3 Å². The molecule has 1 atom stereocenters. The van der Waals surface area contributed by atoms with E-state index < -0.39 is 0 Å². The molecule has 0 aliphatic rings. The van der Waals surface area contributed by atoms with Crippen LogP contribution in [0.3, 0.4) is 0 Å². The molecule has 0 spiro atoms. The van der Waals surface area contributed by atoms with Gasteiger partial charge in [-0.15, -0.1) is 11.3 Å². The molecular weight excluding hydrogens is 292 g/mol. The molecule has 0 fully saturated rings. The molecule has 120 valence electrons. The molecule has 1 aromatic carbocycles. The van der Waals surface area contributed by atoms with Gasteiger partial charge in [-0.25, -0.2) is 4.98 Å². The Kier molecular flexibility index (Phi) is 5.73. The molecule has 1 aromatic heterocycles. The summed E-state index contributed by atoms with van der Waals surface area (Å²) < 4.78 is 0. The predicted molar refractivity (Wildman–Crippen MR) is 94.1 cm³/mol. The van der Waals surface area contributed by atoms with Gasteiger partial charge in [0, 0.05) is 29.7 Å². The summed E-state index contributed by atoms with van der Waals surface area (Å²) in [7, 11) is 0. The summed E-state index contributed by atoms with van der Waals surface area (Å²) in [6.07, 6.45) is 2.50. The standard InChI is InChI=1S/C18H26N2OS/c1-13-5-7-15(8-6-13)17-20-11-16(22-17)10-19-12-18(3,4)9-14(2)21/h5-8,11,14,19,21H,9-10,12H2,1-4H3.